The lowest BCUT2D eigenvalue weighted by Crippen LogP contribution is -2.48. The van der Waals surface area contributed by atoms with Gasteiger partial charge in [-0.1, -0.05) is 25.1 Å². The number of benzene rings is 1. The van der Waals surface area contributed by atoms with Crippen molar-refractivity contribution in [3.05, 3.63) is 35.4 Å². The first-order valence-electron chi connectivity index (χ1n) is 7.06. The topological polar surface area (TPSA) is 23.6 Å². The Morgan fingerprint density at radius 1 is 1.19 bits per heavy atom. The minimum atomic E-state index is -4.37. The number of carbonyl (C=O) groups excluding carboxylic acids is 1. The van der Waals surface area contributed by atoms with Gasteiger partial charge >= 0.3 is 6.18 Å². The van der Waals surface area contributed by atoms with Gasteiger partial charge in [-0.15, -0.1) is 0 Å². The Kier molecular flexibility index (Phi) is 4.88. The second-order valence-electron chi connectivity index (χ2n) is 5.19. The lowest BCUT2D eigenvalue weighted by molar-refractivity contribution is -0.138. The van der Waals surface area contributed by atoms with E-state index in [0.717, 1.165) is 31.8 Å². The number of amides is 1. The fourth-order valence-electron chi connectivity index (χ4n) is 2.46. The van der Waals surface area contributed by atoms with Crippen LogP contribution in [-0.4, -0.2) is 48.4 Å². The van der Waals surface area contributed by atoms with E-state index < -0.39 is 11.7 Å². The fraction of sp³-hybridized carbons (Fsp3) is 0.533. The Morgan fingerprint density at radius 2 is 1.86 bits per heavy atom. The van der Waals surface area contributed by atoms with Crippen LogP contribution in [0.15, 0.2) is 24.3 Å². The van der Waals surface area contributed by atoms with Crippen LogP contribution < -0.4 is 0 Å². The zero-order valence-electron chi connectivity index (χ0n) is 12.0. The molecule has 0 N–H and O–H groups in total. The van der Waals surface area contributed by atoms with E-state index in [1.165, 1.54) is 6.07 Å². The zero-order chi connectivity index (χ0) is 15.5. The highest BCUT2D eigenvalue weighted by molar-refractivity contribution is 5.79. The number of halogens is 3. The van der Waals surface area contributed by atoms with Crippen molar-refractivity contribution in [2.75, 3.05) is 32.7 Å². The summed E-state index contributed by atoms with van der Waals surface area (Å²) in [5, 5.41) is 0. The van der Waals surface area contributed by atoms with Crippen LogP contribution >= 0.6 is 0 Å². The largest absolute Gasteiger partial charge is 0.416 e. The summed E-state index contributed by atoms with van der Waals surface area (Å²) in [5.41, 5.74) is -0.295. The predicted molar refractivity (Wildman–Crippen MR) is 73.8 cm³/mol. The van der Waals surface area contributed by atoms with Crippen molar-refractivity contribution in [3.63, 3.8) is 0 Å². The Labute approximate surface area is 122 Å². The number of nitrogens with zero attached hydrogens (tertiary/aromatic N) is 2. The second kappa shape index (κ2) is 6.47. The standard InChI is InChI=1S/C15H19F3N2O/c1-2-19-6-8-20(9-7-19)14(21)11-12-4-3-5-13(10-12)15(16,17)18/h3-5,10H,2,6-9,11H2,1H3. The van der Waals surface area contributed by atoms with Crippen LogP contribution in [0.1, 0.15) is 18.1 Å². The third-order valence-electron chi connectivity index (χ3n) is 3.78. The second-order valence-corrected chi connectivity index (χ2v) is 5.19. The first-order chi connectivity index (χ1) is 9.90. The number of likely N-dealkylation sites (N-methyl/N-ethyl adjacent to an activating group) is 1. The van der Waals surface area contributed by atoms with E-state index in [1.54, 1.807) is 11.0 Å². The van der Waals surface area contributed by atoms with Gasteiger partial charge in [-0.2, -0.15) is 13.2 Å². The monoisotopic (exact) mass is 300 g/mol. The molecule has 1 aromatic carbocycles. The minimum absolute atomic E-state index is 0.0239. The third-order valence-corrected chi connectivity index (χ3v) is 3.78. The molecule has 0 aliphatic carbocycles. The summed E-state index contributed by atoms with van der Waals surface area (Å²) in [5.74, 6) is -0.106. The zero-order valence-corrected chi connectivity index (χ0v) is 12.0. The van der Waals surface area contributed by atoms with Gasteiger partial charge in [0.25, 0.3) is 0 Å². The van der Waals surface area contributed by atoms with Gasteiger partial charge in [0, 0.05) is 26.2 Å². The van der Waals surface area contributed by atoms with Crippen LogP contribution in [0.25, 0.3) is 0 Å². The molecule has 0 unspecified atom stereocenters. The van der Waals surface area contributed by atoms with E-state index in [-0.39, 0.29) is 12.3 Å². The number of hydrogen-bond donors (Lipinski definition) is 0. The summed E-state index contributed by atoms with van der Waals surface area (Å²) in [6, 6.07) is 4.99. The lowest BCUT2D eigenvalue weighted by atomic mass is 10.1. The van der Waals surface area contributed by atoms with Crippen LogP contribution in [0.3, 0.4) is 0 Å². The van der Waals surface area contributed by atoms with Gasteiger partial charge in [-0.3, -0.25) is 4.79 Å². The van der Waals surface area contributed by atoms with Crippen molar-refractivity contribution in [2.45, 2.75) is 19.5 Å². The van der Waals surface area contributed by atoms with E-state index in [0.29, 0.717) is 18.7 Å². The molecule has 0 atom stereocenters. The number of hydrogen-bond acceptors (Lipinski definition) is 2. The first kappa shape index (κ1) is 15.8. The Balaban J connectivity index is 1.97. The maximum Gasteiger partial charge on any atom is 0.416 e. The van der Waals surface area contributed by atoms with E-state index in [9.17, 15) is 18.0 Å². The van der Waals surface area contributed by atoms with Crippen molar-refractivity contribution < 1.29 is 18.0 Å². The highest BCUT2D eigenvalue weighted by Gasteiger charge is 2.30. The molecule has 1 aromatic rings. The number of rotatable bonds is 3. The van der Waals surface area contributed by atoms with Gasteiger partial charge in [0.05, 0.1) is 12.0 Å². The highest BCUT2D eigenvalue weighted by atomic mass is 19.4. The molecule has 0 bridgehead atoms. The molecular formula is C15H19F3N2O. The first-order valence-corrected chi connectivity index (χ1v) is 7.06. The van der Waals surface area contributed by atoms with Gasteiger partial charge in [0.1, 0.15) is 0 Å². The summed E-state index contributed by atoms with van der Waals surface area (Å²) in [4.78, 5) is 16.1. The average Bonchev–Trinajstić information content (AvgIpc) is 2.47. The molecule has 21 heavy (non-hydrogen) atoms. The smallest absolute Gasteiger partial charge is 0.340 e. The molecule has 2 rings (SSSR count). The van der Waals surface area contributed by atoms with Crippen molar-refractivity contribution in [1.82, 2.24) is 9.80 Å². The van der Waals surface area contributed by atoms with Crippen LogP contribution in [0.2, 0.25) is 0 Å². The third kappa shape index (κ3) is 4.20. The highest BCUT2D eigenvalue weighted by Crippen LogP contribution is 2.29. The van der Waals surface area contributed by atoms with Crippen LogP contribution in [0.5, 0.6) is 0 Å². The van der Waals surface area contributed by atoms with Crippen molar-refractivity contribution >= 4 is 5.91 Å². The number of carbonyl (C=O) groups is 1. The molecule has 3 nitrogen and oxygen atoms in total. The summed E-state index contributed by atoms with van der Waals surface area (Å²) in [6.45, 7) is 5.96. The van der Waals surface area contributed by atoms with Gasteiger partial charge in [0.2, 0.25) is 5.91 Å². The van der Waals surface area contributed by atoms with Crippen molar-refractivity contribution in [3.8, 4) is 0 Å². The predicted octanol–water partition coefficient (Wildman–Crippen LogP) is 2.41. The molecule has 1 saturated heterocycles. The Morgan fingerprint density at radius 3 is 2.43 bits per heavy atom. The fourth-order valence-corrected chi connectivity index (χ4v) is 2.46. The van der Waals surface area contributed by atoms with E-state index in [4.69, 9.17) is 0 Å². The molecule has 0 aromatic heterocycles. The Bertz CT molecular complexity index is 494. The SMILES string of the molecule is CCN1CCN(C(=O)Cc2cccc(C(F)(F)F)c2)CC1. The number of piperazine rings is 1. The minimum Gasteiger partial charge on any atom is -0.340 e. The normalized spacial score (nSPS) is 17.0. The molecule has 1 aliphatic heterocycles. The van der Waals surface area contributed by atoms with Crippen LogP contribution in [0.4, 0.5) is 13.2 Å². The maximum atomic E-state index is 12.6. The average molecular weight is 300 g/mol. The van der Waals surface area contributed by atoms with Crippen molar-refractivity contribution in [2.24, 2.45) is 0 Å². The quantitative estimate of drug-likeness (QED) is 0.856. The van der Waals surface area contributed by atoms with E-state index in [1.807, 2.05) is 0 Å². The van der Waals surface area contributed by atoms with Gasteiger partial charge < -0.3 is 9.80 Å². The Hall–Kier alpha value is -1.56. The van der Waals surface area contributed by atoms with Gasteiger partial charge in [-0.05, 0) is 18.2 Å². The number of alkyl halides is 3. The van der Waals surface area contributed by atoms with Crippen molar-refractivity contribution in [1.29, 1.82) is 0 Å². The molecule has 0 spiro atoms. The van der Waals surface area contributed by atoms with Crippen LogP contribution in [-0.2, 0) is 17.4 Å². The van der Waals surface area contributed by atoms with Gasteiger partial charge in [-0.25, -0.2) is 0 Å². The molecule has 1 aliphatic rings. The van der Waals surface area contributed by atoms with E-state index in [2.05, 4.69) is 11.8 Å². The molecule has 1 fully saturated rings. The lowest BCUT2D eigenvalue weighted by Gasteiger charge is -2.34. The van der Waals surface area contributed by atoms with Crippen LogP contribution in [0, 0.1) is 0 Å². The summed E-state index contributed by atoms with van der Waals surface area (Å²) < 4.78 is 37.9. The molecule has 116 valence electrons. The molecule has 1 amide bonds. The molecule has 0 saturated carbocycles. The molecule has 0 radical (unpaired) electrons. The maximum absolute atomic E-state index is 12.6. The molecule has 1 heterocycles. The molecular weight excluding hydrogens is 281 g/mol. The van der Waals surface area contributed by atoms with E-state index >= 15 is 0 Å². The summed E-state index contributed by atoms with van der Waals surface area (Å²) in [7, 11) is 0. The molecule has 6 heteroatoms. The van der Waals surface area contributed by atoms with Gasteiger partial charge in [0.15, 0.2) is 0 Å². The summed E-state index contributed by atoms with van der Waals surface area (Å²) >= 11 is 0. The summed E-state index contributed by atoms with van der Waals surface area (Å²) in [6.07, 6.45) is -4.35.